The molecule has 3 rings (SSSR count). The second-order valence-corrected chi connectivity index (χ2v) is 6.08. The molecule has 2 saturated heterocycles. The van der Waals surface area contributed by atoms with Crippen molar-refractivity contribution in [3.8, 4) is 0 Å². The first-order chi connectivity index (χ1) is 9.33. The summed E-state index contributed by atoms with van der Waals surface area (Å²) in [5.74, 6) is 3.31. The lowest BCUT2D eigenvalue weighted by atomic mass is 10.1. The van der Waals surface area contributed by atoms with Gasteiger partial charge in [0.2, 0.25) is 0 Å². The summed E-state index contributed by atoms with van der Waals surface area (Å²) >= 11 is 2.03. The summed E-state index contributed by atoms with van der Waals surface area (Å²) in [7, 11) is 0. The van der Waals surface area contributed by atoms with Crippen molar-refractivity contribution in [2.24, 2.45) is 5.92 Å². The molecule has 1 unspecified atom stereocenters. The number of thioether (sulfide) groups is 1. The minimum absolute atomic E-state index is 0.246. The molecule has 2 aliphatic rings. The van der Waals surface area contributed by atoms with E-state index in [-0.39, 0.29) is 6.09 Å². The van der Waals surface area contributed by atoms with E-state index in [0.29, 0.717) is 13.2 Å². The predicted octanol–water partition coefficient (Wildman–Crippen LogP) is 2.81. The molecule has 0 bridgehead atoms. The van der Waals surface area contributed by atoms with Gasteiger partial charge in [-0.05, 0) is 42.0 Å². The van der Waals surface area contributed by atoms with Crippen molar-refractivity contribution in [1.29, 1.82) is 0 Å². The highest BCUT2D eigenvalue weighted by molar-refractivity contribution is 7.99. The van der Waals surface area contributed by atoms with Gasteiger partial charge in [0.05, 0.1) is 6.54 Å². The van der Waals surface area contributed by atoms with Gasteiger partial charge in [-0.2, -0.15) is 11.8 Å². The maximum Gasteiger partial charge on any atom is 0.414 e. The summed E-state index contributed by atoms with van der Waals surface area (Å²) in [5.41, 5.74) is 1.99. The second kappa shape index (κ2) is 5.74. The van der Waals surface area contributed by atoms with Gasteiger partial charge in [-0.25, -0.2) is 4.79 Å². The Morgan fingerprint density at radius 2 is 2.42 bits per heavy atom. The van der Waals surface area contributed by atoms with Gasteiger partial charge in [0.1, 0.15) is 6.61 Å². The first-order valence-electron chi connectivity index (χ1n) is 6.69. The van der Waals surface area contributed by atoms with Gasteiger partial charge in [0, 0.05) is 17.9 Å². The monoisotopic (exact) mass is 278 g/mol. The number of cyclic esters (lactones) is 1. The van der Waals surface area contributed by atoms with Crippen LogP contribution >= 0.6 is 11.8 Å². The first-order valence-corrected chi connectivity index (χ1v) is 7.84. The van der Waals surface area contributed by atoms with E-state index in [1.807, 2.05) is 36.0 Å². The highest BCUT2D eigenvalue weighted by Gasteiger charge is 2.23. The number of ether oxygens (including phenoxy) is 1. The van der Waals surface area contributed by atoms with Crippen LogP contribution in [0.4, 0.5) is 16.2 Å². The zero-order valence-corrected chi connectivity index (χ0v) is 11.6. The van der Waals surface area contributed by atoms with Gasteiger partial charge >= 0.3 is 6.09 Å². The lowest BCUT2D eigenvalue weighted by molar-refractivity contribution is 0.181. The molecule has 0 aromatic heterocycles. The fourth-order valence-corrected chi connectivity index (χ4v) is 3.70. The number of carbonyl (C=O) groups excluding carboxylic acids is 1. The van der Waals surface area contributed by atoms with Gasteiger partial charge < -0.3 is 10.1 Å². The van der Waals surface area contributed by atoms with E-state index in [1.54, 1.807) is 4.90 Å². The molecule has 0 aliphatic carbocycles. The summed E-state index contributed by atoms with van der Waals surface area (Å²) in [5, 5.41) is 3.47. The highest BCUT2D eigenvalue weighted by Crippen LogP contribution is 2.25. The van der Waals surface area contributed by atoms with Crippen LogP contribution in [0.2, 0.25) is 0 Å². The number of amides is 1. The van der Waals surface area contributed by atoms with E-state index < -0.39 is 0 Å². The Morgan fingerprint density at radius 3 is 3.16 bits per heavy atom. The van der Waals surface area contributed by atoms with Crippen molar-refractivity contribution in [3.63, 3.8) is 0 Å². The molecule has 0 saturated carbocycles. The summed E-state index contributed by atoms with van der Waals surface area (Å²) in [6, 6.07) is 8.00. The number of hydrogen-bond acceptors (Lipinski definition) is 4. The van der Waals surface area contributed by atoms with Crippen LogP contribution in [0.15, 0.2) is 24.3 Å². The third-order valence-corrected chi connectivity index (χ3v) is 4.77. The van der Waals surface area contributed by atoms with E-state index in [0.717, 1.165) is 23.8 Å². The Kier molecular flexibility index (Phi) is 3.82. The molecule has 2 aliphatic heterocycles. The van der Waals surface area contributed by atoms with E-state index in [9.17, 15) is 4.79 Å². The number of nitrogens with zero attached hydrogens (tertiary/aromatic N) is 1. The van der Waals surface area contributed by atoms with Crippen molar-refractivity contribution < 1.29 is 9.53 Å². The van der Waals surface area contributed by atoms with Crippen molar-refractivity contribution in [3.05, 3.63) is 24.3 Å². The summed E-state index contributed by atoms with van der Waals surface area (Å²) in [4.78, 5) is 13.2. The number of anilines is 2. The predicted molar refractivity (Wildman–Crippen MR) is 79.1 cm³/mol. The van der Waals surface area contributed by atoms with Crippen LogP contribution in [0.3, 0.4) is 0 Å². The zero-order chi connectivity index (χ0) is 13.1. The Morgan fingerprint density at radius 1 is 1.47 bits per heavy atom. The lowest BCUT2D eigenvalue weighted by Crippen LogP contribution is -2.23. The summed E-state index contributed by atoms with van der Waals surface area (Å²) in [6.45, 7) is 2.14. The molecule has 0 spiro atoms. The third-order valence-electron chi connectivity index (χ3n) is 3.54. The second-order valence-electron chi connectivity index (χ2n) is 4.93. The largest absolute Gasteiger partial charge is 0.447 e. The Balaban J connectivity index is 1.63. The molecule has 4 nitrogen and oxygen atoms in total. The average molecular weight is 278 g/mol. The Bertz CT molecular complexity index is 461. The third kappa shape index (κ3) is 2.97. The minimum Gasteiger partial charge on any atom is -0.447 e. The Labute approximate surface area is 117 Å². The molecule has 1 amide bonds. The van der Waals surface area contributed by atoms with Crippen LogP contribution in [-0.4, -0.2) is 37.3 Å². The molecular formula is C14H18N2O2S. The number of rotatable bonds is 4. The standard InChI is InChI=1S/C14H18N2O2S/c17-14-16(5-6-18-14)13-3-1-2-12(8-13)15-9-11-4-7-19-10-11/h1-3,8,11,15H,4-7,9-10H2. The smallest absolute Gasteiger partial charge is 0.414 e. The van der Waals surface area contributed by atoms with E-state index in [1.165, 1.54) is 17.9 Å². The molecule has 1 aromatic rings. The topological polar surface area (TPSA) is 41.6 Å². The molecule has 19 heavy (non-hydrogen) atoms. The maximum absolute atomic E-state index is 11.5. The van der Waals surface area contributed by atoms with Crippen LogP contribution in [0.25, 0.3) is 0 Å². The average Bonchev–Trinajstić information content (AvgIpc) is 3.08. The first kappa shape index (κ1) is 12.7. The van der Waals surface area contributed by atoms with Gasteiger partial charge in [-0.1, -0.05) is 6.07 Å². The number of benzene rings is 1. The van der Waals surface area contributed by atoms with Crippen LogP contribution in [-0.2, 0) is 4.74 Å². The van der Waals surface area contributed by atoms with Crippen LogP contribution < -0.4 is 10.2 Å². The fourth-order valence-electron chi connectivity index (χ4n) is 2.42. The molecule has 1 N–H and O–H groups in total. The van der Waals surface area contributed by atoms with Crippen LogP contribution in [0.1, 0.15) is 6.42 Å². The van der Waals surface area contributed by atoms with Gasteiger partial charge in [-0.3, -0.25) is 4.90 Å². The SMILES string of the molecule is O=C1OCCN1c1cccc(NCC2CCSC2)c1. The van der Waals surface area contributed by atoms with E-state index in [4.69, 9.17) is 4.74 Å². The van der Waals surface area contributed by atoms with Crippen LogP contribution in [0, 0.1) is 5.92 Å². The number of carbonyl (C=O) groups is 1. The molecule has 1 atom stereocenters. The minimum atomic E-state index is -0.246. The zero-order valence-electron chi connectivity index (χ0n) is 10.8. The summed E-state index contributed by atoms with van der Waals surface area (Å²) in [6.07, 6.45) is 1.06. The van der Waals surface area contributed by atoms with Crippen molar-refractivity contribution in [1.82, 2.24) is 0 Å². The molecule has 0 radical (unpaired) electrons. The molecule has 102 valence electrons. The van der Waals surface area contributed by atoms with Gasteiger partial charge in [0.15, 0.2) is 0 Å². The van der Waals surface area contributed by atoms with Crippen molar-refractivity contribution >= 4 is 29.2 Å². The van der Waals surface area contributed by atoms with E-state index >= 15 is 0 Å². The Hall–Kier alpha value is -1.36. The highest BCUT2D eigenvalue weighted by atomic mass is 32.2. The quantitative estimate of drug-likeness (QED) is 0.919. The molecule has 1 aromatic carbocycles. The number of hydrogen-bond donors (Lipinski definition) is 1. The van der Waals surface area contributed by atoms with Gasteiger partial charge in [-0.15, -0.1) is 0 Å². The van der Waals surface area contributed by atoms with E-state index in [2.05, 4.69) is 5.32 Å². The molecule has 2 heterocycles. The van der Waals surface area contributed by atoms with Crippen LogP contribution in [0.5, 0.6) is 0 Å². The molecule has 2 fully saturated rings. The number of nitrogens with one attached hydrogen (secondary N) is 1. The van der Waals surface area contributed by atoms with Crippen molar-refractivity contribution in [2.45, 2.75) is 6.42 Å². The fraction of sp³-hybridized carbons (Fsp3) is 0.500. The molecule has 5 heteroatoms. The maximum atomic E-state index is 11.5. The lowest BCUT2D eigenvalue weighted by Gasteiger charge is -2.16. The van der Waals surface area contributed by atoms with Gasteiger partial charge in [0.25, 0.3) is 0 Å². The normalized spacial score (nSPS) is 22.6. The summed E-state index contributed by atoms with van der Waals surface area (Å²) < 4.78 is 4.96. The molecular weight excluding hydrogens is 260 g/mol. The van der Waals surface area contributed by atoms with Crippen molar-refractivity contribution in [2.75, 3.05) is 41.4 Å².